The molecule has 3 aliphatic rings. The first-order chi connectivity index (χ1) is 18.3. The van der Waals surface area contributed by atoms with Crippen molar-refractivity contribution >= 4 is 17.7 Å². The molecule has 2 aromatic rings. The van der Waals surface area contributed by atoms with Crippen molar-refractivity contribution in [3.63, 3.8) is 0 Å². The quantitative estimate of drug-likeness (QED) is 0.609. The molecule has 3 amide bonds. The van der Waals surface area contributed by atoms with Crippen LogP contribution in [0.1, 0.15) is 33.6 Å². The Morgan fingerprint density at radius 2 is 1.42 bits per heavy atom. The van der Waals surface area contributed by atoms with Gasteiger partial charge in [0.05, 0.1) is 13.7 Å². The van der Waals surface area contributed by atoms with E-state index in [9.17, 15) is 18.8 Å². The first-order valence-electron chi connectivity index (χ1n) is 13.0. The van der Waals surface area contributed by atoms with Crippen LogP contribution in [0, 0.1) is 5.82 Å². The van der Waals surface area contributed by atoms with E-state index in [1.165, 1.54) is 24.3 Å². The Kier molecular flexibility index (Phi) is 7.36. The van der Waals surface area contributed by atoms with E-state index >= 15 is 0 Å². The molecule has 0 radical (unpaired) electrons. The summed E-state index contributed by atoms with van der Waals surface area (Å²) in [5.74, 6) is -0.386. The molecule has 0 saturated carbocycles. The van der Waals surface area contributed by atoms with E-state index in [0.29, 0.717) is 55.9 Å². The number of piperidine rings is 1. The summed E-state index contributed by atoms with van der Waals surface area (Å²) in [7, 11) is 3.59. The highest BCUT2D eigenvalue weighted by molar-refractivity contribution is 5.98. The average molecular weight is 525 g/mol. The minimum absolute atomic E-state index is 0.0878. The third-order valence-electron chi connectivity index (χ3n) is 7.84. The third-order valence-corrected chi connectivity index (χ3v) is 7.84. The number of carbonyl (C=O) groups is 3. The summed E-state index contributed by atoms with van der Waals surface area (Å²) in [5, 5.41) is 0. The van der Waals surface area contributed by atoms with E-state index in [-0.39, 0.29) is 24.3 Å². The van der Waals surface area contributed by atoms with Gasteiger partial charge in [0.15, 0.2) is 0 Å². The Morgan fingerprint density at radius 3 is 2.03 bits per heavy atom. The lowest BCUT2D eigenvalue weighted by Crippen LogP contribution is -2.61. The van der Waals surface area contributed by atoms with Crippen LogP contribution in [0.25, 0.3) is 0 Å². The molecule has 3 aliphatic heterocycles. The van der Waals surface area contributed by atoms with Gasteiger partial charge < -0.3 is 24.2 Å². The number of methoxy groups -OCH3 is 1. The number of amides is 3. The smallest absolute Gasteiger partial charge is 0.256 e. The number of benzene rings is 2. The fourth-order valence-electron chi connectivity index (χ4n) is 5.50. The van der Waals surface area contributed by atoms with Crippen LogP contribution in [0.3, 0.4) is 0 Å². The monoisotopic (exact) mass is 524 g/mol. The second kappa shape index (κ2) is 10.7. The molecule has 3 saturated heterocycles. The lowest BCUT2D eigenvalue weighted by molar-refractivity contribution is -0.139. The molecule has 2 aromatic carbocycles. The normalized spacial score (nSPS) is 21.6. The lowest BCUT2D eigenvalue weighted by Gasteiger charge is -2.45. The summed E-state index contributed by atoms with van der Waals surface area (Å²) < 4.78 is 25.1. The molecule has 0 bridgehead atoms. The number of ether oxygens (including phenoxy) is 2. The topological polar surface area (TPSA) is 82.6 Å². The Balaban J connectivity index is 1.37. The van der Waals surface area contributed by atoms with Crippen molar-refractivity contribution in [2.75, 3.05) is 60.0 Å². The van der Waals surface area contributed by atoms with Crippen molar-refractivity contribution in [1.82, 2.24) is 19.6 Å². The average Bonchev–Trinajstić information content (AvgIpc) is 3.31. The van der Waals surface area contributed by atoms with Crippen molar-refractivity contribution in [2.24, 2.45) is 0 Å². The Hall–Kier alpha value is -3.50. The molecule has 9 nitrogen and oxygen atoms in total. The van der Waals surface area contributed by atoms with Gasteiger partial charge in [-0.3, -0.25) is 19.3 Å². The van der Waals surface area contributed by atoms with Crippen LogP contribution in [0.15, 0.2) is 48.5 Å². The number of rotatable bonds is 4. The lowest BCUT2D eigenvalue weighted by atomic mass is 9.96. The van der Waals surface area contributed by atoms with Gasteiger partial charge in [-0.25, -0.2) is 4.39 Å². The molecule has 1 spiro atoms. The highest BCUT2D eigenvalue weighted by Gasteiger charge is 2.55. The molecule has 202 valence electrons. The summed E-state index contributed by atoms with van der Waals surface area (Å²) in [6.45, 7) is 3.52. The number of hydrogen-bond acceptors (Lipinski definition) is 6. The van der Waals surface area contributed by atoms with Crippen LogP contribution in [0.4, 0.5) is 4.39 Å². The molecule has 38 heavy (non-hydrogen) atoms. The van der Waals surface area contributed by atoms with E-state index in [2.05, 4.69) is 4.90 Å². The van der Waals surface area contributed by atoms with Crippen molar-refractivity contribution < 1.29 is 28.2 Å². The molecule has 1 atom stereocenters. The molecule has 0 aliphatic carbocycles. The fourth-order valence-corrected chi connectivity index (χ4v) is 5.50. The molecule has 0 N–H and O–H groups in total. The van der Waals surface area contributed by atoms with Gasteiger partial charge in [0.1, 0.15) is 23.3 Å². The molecular weight excluding hydrogens is 491 g/mol. The summed E-state index contributed by atoms with van der Waals surface area (Å²) in [5.41, 5.74) is -0.171. The van der Waals surface area contributed by atoms with Crippen LogP contribution in [0.5, 0.6) is 5.75 Å². The minimum Gasteiger partial charge on any atom is -0.497 e. The van der Waals surface area contributed by atoms with Crippen LogP contribution in [0.2, 0.25) is 0 Å². The van der Waals surface area contributed by atoms with Crippen molar-refractivity contribution in [1.29, 1.82) is 0 Å². The minimum atomic E-state index is -1.02. The zero-order valence-corrected chi connectivity index (χ0v) is 21.8. The van der Waals surface area contributed by atoms with Gasteiger partial charge in [0.2, 0.25) is 5.91 Å². The number of likely N-dealkylation sites (N-methyl/N-ethyl adjacent to an activating group) is 1. The zero-order valence-electron chi connectivity index (χ0n) is 21.8. The number of halogens is 1. The molecule has 5 rings (SSSR count). The predicted octanol–water partition coefficient (Wildman–Crippen LogP) is 2.08. The number of nitrogens with zero attached hydrogens (tertiary/aromatic N) is 4. The Morgan fingerprint density at radius 1 is 0.842 bits per heavy atom. The maximum Gasteiger partial charge on any atom is 0.256 e. The highest BCUT2D eigenvalue weighted by Crippen LogP contribution is 2.39. The van der Waals surface area contributed by atoms with Crippen LogP contribution < -0.4 is 4.74 Å². The van der Waals surface area contributed by atoms with Crippen LogP contribution in [-0.2, 0) is 9.53 Å². The van der Waals surface area contributed by atoms with Gasteiger partial charge in [-0.05, 0) is 55.6 Å². The van der Waals surface area contributed by atoms with E-state index < -0.39 is 17.6 Å². The van der Waals surface area contributed by atoms with Gasteiger partial charge in [-0.1, -0.05) is 0 Å². The SMILES string of the molecule is COc1ccc(C(=O)N2CCC3(CC2)OCC(C(=O)N2CCN(C)CC2)N3C(=O)c2ccc(F)cc2)cc1. The van der Waals surface area contributed by atoms with E-state index in [1.807, 2.05) is 7.05 Å². The van der Waals surface area contributed by atoms with Crippen molar-refractivity contribution in [3.8, 4) is 5.75 Å². The van der Waals surface area contributed by atoms with Crippen LogP contribution in [-0.4, -0.2) is 109 Å². The largest absolute Gasteiger partial charge is 0.497 e. The maximum atomic E-state index is 13.8. The van der Waals surface area contributed by atoms with Gasteiger partial charge >= 0.3 is 0 Å². The second-order valence-corrected chi connectivity index (χ2v) is 10.1. The molecule has 3 fully saturated rings. The molecule has 0 aromatic heterocycles. The molecule has 10 heteroatoms. The molecular formula is C28H33FN4O5. The Labute approximate surface area is 221 Å². The standard InChI is InChI=1S/C28H33FN4O5/c1-30-15-17-32(18-16-30)27(36)24-19-38-28(33(24)26(35)21-3-7-22(29)8-4-21)11-13-31(14-12-28)25(34)20-5-9-23(37-2)10-6-20/h3-10,24H,11-19H2,1-2H3. The number of piperazine rings is 1. The number of carbonyl (C=O) groups excluding carboxylic acids is 3. The van der Waals surface area contributed by atoms with E-state index in [4.69, 9.17) is 9.47 Å². The number of likely N-dealkylation sites (tertiary alicyclic amines) is 1. The Bertz CT molecular complexity index is 1170. The van der Waals surface area contributed by atoms with E-state index in [1.54, 1.807) is 46.1 Å². The number of hydrogen-bond donors (Lipinski definition) is 0. The van der Waals surface area contributed by atoms with Crippen LogP contribution >= 0.6 is 0 Å². The van der Waals surface area contributed by atoms with Crippen molar-refractivity contribution in [3.05, 3.63) is 65.5 Å². The summed E-state index contributed by atoms with van der Waals surface area (Å²) >= 11 is 0. The van der Waals surface area contributed by atoms with Gasteiger partial charge in [-0.15, -0.1) is 0 Å². The fraction of sp³-hybridized carbons (Fsp3) is 0.464. The summed E-state index contributed by atoms with van der Waals surface area (Å²) in [6, 6.07) is 11.5. The highest BCUT2D eigenvalue weighted by atomic mass is 19.1. The predicted molar refractivity (Wildman–Crippen MR) is 137 cm³/mol. The second-order valence-electron chi connectivity index (χ2n) is 10.1. The first kappa shape index (κ1) is 26.1. The molecule has 3 heterocycles. The molecule has 1 unspecified atom stereocenters. The van der Waals surface area contributed by atoms with E-state index in [0.717, 1.165) is 13.1 Å². The summed E-state index contributed by atoms with van der Waals surface area (Å²) in [4.78, 5) is 47.9. The third kappa shape index (κ3) is 4.98. The first-order valence-corrected chi connectivity index (χ1v) is 13.0. The van der Waals surface area contributed by atoms with Gasteiger partial charge in [0, 0.05) is 63.2 Å². The zero-order chi connectivity index (χ0) is 26.9. The van der Waals surface area contributed by atoms with Crippen molar-refractivity contribution in [2.45, 2.75) is 24.6 Å². The van der Waals surface area contributed by atoms with Gasteiger partial charge in [-0.2, -0.15) is 0 Å². The maximum absolute atomic E-state index is 13.8. The summed E-state index contributed by atoms with van der Waals surface area (Å²) in [6.07, 6.45) is 0.739. The van der Waals surface area contributed by atoms with Gasteiger partial charge in [0.25, 0.3) is 11.8 Å².